The molecule has 0 aliphatic heterocycles. The van der Waals surface area contributed by atoms with Crippen LogP contribution in [0, 0.1) is 0 Å². The van der Waals surface area contributed by atoms with E-state index in [2.05, 4.69) is 4.98 Å². The smallest absolute Gasteiger partial charge is 0.248 e. The highest BCUT2D eigenvalue weighted by Crippen LogP contribution is 2.13. The van der Waals surface area contributed by atoms with Crippen LogP contribution in [0.25, 0.3) is 0 Å². The molecule has 0 spiro atoms. The van der Waals surface area contributed by atoms with Gasteiger partial charge in [-0.05, 0) is 23.6 Å². The van der Waals surface area contributed by atoms with Crippen LogP contribution in [0.2, 0.25) is 0 Å². The first kappa shape index (κ1) is 9.86. The van der Waals surface area contributed by atoms with Gasteiger partial charge in [0.25, 0.3) is 0 Å². The Balaban J connectivity index is 2.22. The van der Waals surface area contributed by atoms with Crippen molar-refractivity contribution in [3.63, 3.8) is 0 Å². The second-order valence-electron chi connectivity index (χ2n) is 3.16. The van der Waals surface area contributed by atoms with Crippen molar-refractivity contribution in [2.24, 2.45) is 5.73 Å². The van der Waals surface area contributed by atoms with E-state index in [1.54, 1.807) is 29.7 Å². The van der Waals surface area contributed by atoms with Gasteiger partial charge in [0.05, 0.1) is 0 Å². The minimum atomic E-state index is -0.412. The van der Waals surface area contributed by atoms with Gasteiger partial charge in [-0.15, -0.1) is 11.3 Å². The zero-order valence-electron chi connectivity index (χ0n) is 8.01. The summed E-state index contributed by atoms with van der Waals surface area (Å²) in [6.07, 6.45) is 2.36. The fourth-order valence-corrected chi connectivity index (χ4v) is 2.04. The minimum Gasteiger partial charge on any atom is -0.366 e. The molecule has 3 nitrogen and oxygen atoms in total. The molecule has 15 heavy (non-hydrogen) atoms. The normalized spacial score (nSPS) is 10.1. The van der Waals surface area contributed by atoms with Crippen LogP contribution >= 0.6 is 11.3 Å². The largest absolute Gasteiger partial charge is 0.366 e. The van der Waals surface area contributed by atoms with E-state index in [0.29, 0.717) is 5.56 Å². The first-order chi connectivity index (χ1) is 7.25. The van der Waals surface area contributed by atoms with E-state index in [1.807, 2.05) is 17.5 Å². The van der Waals surface area contributed by atoms with Gasteiger partial charge >= 0.3 is 0 Å². The van der Waals surface area contributed by atoms with Gasteiger partial charge in [0.1, 0.15) is 0 Å². The molecule has 2 rings (SSSR count). The number of hydrogen-bond donors (Lipinski definition) is 1. The second-order valence-corrected chi connectivity index (χ2v) is 4.19. The van der Waals surface area contributed by atoms with E-state index in [-0.39, 0.29) is 0 Å². The van der Waals surface area contributed by atoms with E-state index >= 15 is 0 Å². The predicted molar refractivity (Wildman–Crippen MR) is 59.9 cm³/mol. The number of nitrogens with two attached hydrogens (primary N) is 1. The Morgan fingerprint density at radius 1 is 1.47 bits per heavy atom. The van der Waals surface area contributed by atoms with E-state index in [9.17, 15) is 4.79 Å². The Morgan fingerprint density at radius 2 is 2.33 bits per heavy atom. The summed E-state index contributed by atoms with van der Waals surface area (Å²) in [5.41, 5.74) is 6.57. The molecule has 2 aromatic rings. The van der Waals surface area contributed by atoms with Crippen LogP contribution in [-0.2, 0) is 6.42 Å². The molecule has 0 aliphatic rings. The highest BCUT2D eigenvalue weighted by molar-refractivity contribution is 7.09. The number of carbonyl (C=O) groups excluding carboxylic acids is 1. The number of carbonyl (C=O) groups is 1. The molecule has 0 fully saturated rings. The van der Waals surface area contributed by atoms with Crippen LogP contribution in [0.1, 0.15) is 20.9 Å². The molecule has 2 N–H and O–H groups in total. The molecule has 2 heterocycles. The molecule has 0 aliphatic carbocycles. The minimum absolute atomic E-state index is 0.412. The van der Waals surface area contributed by atoms with Crippen molar-refractivity contribution in [1.82, 2.24) is 4.98 Å². The van der Waals surface area contributed by atoms with Gasteiger partial charge < -0.3 is 5.73 Å². The molecule has 0 saturated carbocycles. The van der Waals surface area contributed by atoms with Gasteiger partial charge in [-0.25, -0.2) is 0 Å². The standard InChI is InChI=1S/C11H10N2OS/c12-11(14)8-3-4-13-9(6-8)7-10-2-1-5-15-10/h1-6H,7H2,(H2,12,14). The summed E-state index contributed by atoms with van der Waals surface area (Å²) in [5, 5.41) is 2.02. The number of hydrogen-bond acceptors (Lipinski definition) is 3. The lowest BCUT2D eigenvalue weighted by atomic mass is 10.2. The maximum atomic E-state index is 11.0. The highest BCUT2D eigenvalue weighted by Gasteiger charge is 2.03. The highest BCUT2D eigenvalue weighted by atomic mass is 32.1. The molecule has 1 amide bonds. The summed E-state index contributed by atoms with van der Waals surface area (Å²) >= 11 is 1.68. The average Bonchev–Trinajstić information content (AvgIpc) is 2.71. The lowest BCUT2D eigenvalue weighted by Gasteiger charge is -2.00. The number of amides is 1. The first-order valence-corrected chi connectivity index (χ1v) is 5.41. The Kier molecular flexibility index (Phi) is 2.78. The maximum Gasteiger partial charge on any atom is 0.248 e. The third kappa shape index (κ3) is 2.41. The van der Waals surface area contributed by atoms with Crippen molar-refractivity contribution in [3.05, 3.63) is 52.0 Å². The molecule has 76 valence electrons. The topological polar surface area (TPSA) is 56.0 Å². The van der Waals surface area contributed by atoms with Crippen LogP contribution in [0.3, 0.4) is 0 Å². The number of primary amides is 1. The fraction of sp³-hybridized carbons (Fsp3) is 0.0909. The Bertz CT molecular complexity index is 465. The molecule has 0 aromatic carbocycles. The summed E-state index contributed by atoms with van der Waals surface area (Å²) in [5.74, 6) is -0.412. The molecule has 0 radical (unpaired) electrons. The summed E-state index contributed by atoms with van der Waals surface area (Å²) < 4.78 is 0. The monoisotopic (exact) mass is 218 g/mol. The molecule has 0 unspecified atom stereocenters. The van der Waals surface area contributed by atoms with E-state index < -0.39 is 5.91 Å². The van der Waals surface area contributed by atoms with Gasteiger partial charge in [0.2, 0.25) is 5.91 Å². The summed E-state index contributed by atoms with van der Waals surface area (Å²) in [6.45, 7) is 0. The Hall–Kier alpha value is -1.68. The quantitative estimate of drug-likeness (QED) is 0.854. The molecule has 0 bridgehead atoms. The van der Waals surface area contributed by atoms with Gasteiger partial charge in [-0.2, -0.15) is 0 Å². The Morgan fingerprint density at radius 3 is 3.00 bits per heavy atom. The lowest BCUT2D eigenvalue weighted by Crippen LogP contribution is -2.11. The van der Waals surface area contributed by atoms with Gasteiger partial charge in [0.15, 0.2) is 0 Å². The third-order valence-electron chi connectivity index (χ3n) is 2.04. The maximum absolute atomic E-state index is 11.0. The predicted octanol–water partition coefficient (Wildman–Crippen LogP) is 1.83. The summed E-state index contributed by atoms with van der Waals surface area (Å²) in [7, 11) is 0. The average molecular weight is 218 g/mol. The lowest BCUT2D eigenvalue weighted by molar-refractivity contribution is 0.1000. The number of rotatable bonds is 3. The van der Waals surface area contributed by atoms with Crippen LogP contribution in [-0.4, -0.2) is 10.9 Å². The van der Waals surface area contributed by atoms with Crippen molar-refractivity contribution in [3.8, 4) is 0 Å². The van der Waals surface area contributed by atoms with Crippen LogP contribution in [0.15, 0.2) is 35.8 Å². The van der Waals surface area contributed by atoms with Crippen LogP contribution < -0.4 is 5.73 Å². The zero-order valence-corrected chi connectivity index (χ0v) is 8.83. The van der Waals surface area contributed by atoms with Gasteiger partial charge in [0, 0.05) is 28.8 Å². The third-order valence-corrected chi connectivity index (χ3v) is 2.91. The molecule has 0 atom stereocenters. The van der Waals surface area contributed by atoms with Gasteiger partial charge in [-0.3, -0.25) is 9.78 Å². The van der Waals surface area contributed by atoms with E-state index in [4.69, 9.17) is 5.73 Å². The Labute approximate surface area is 91.6 Å². The number of pyridine rings is 1. The van der Waals surface area contributed by atoms with Crippen molar-refractivity contribution < 1.29 is 4.79 Å². The van der Waals surface area contributed by atoms with Gasteiger partial charge in [-0.1, -0.05) is 6.07 Å². The van der Waals surface area contributed by atoms with Crippen LogP contribution in [0.5, 0.6) is 0 Å². The summed E-state index contributed by atoms with van der Waals surface area (Å²) in [6, 6.07) is 7.41. The first-order valence-electron chi connectivity index (χ1n) is 4.53. The number of aromatic nitrogens is 1. The molecule has 0 saturated heterocycles. The second kappa shape index (κ2) is 4.23. The van der Waals surface area contributed by atoms with Crippen LogP contribution in [0.4, 0.5) is 0 Å². The molecular formula is C11H10N2OS. The SMILES string of the molecule is NC(=O)c1ccnc(Cc2cccs2)c1. The fourth-order valence-electron chi connectivity index (χ4n) is 1.32. The number of thiophene rings is 1. The van der Waals surface area contributed by atoms with Crippen molar-refractivity contribution in [2.45, 2.75) is 6.42 Å². The van der Waals surface area contributed by atoms with E-state index in [1.165, 1.54) is 4.88 Å². The molecule has 4 heteroatoms. The number of nitrogens with zero attached hydrogens (tertiary/aromatic N) is 1. The zero-order chi connectivity index (χ0) is 10.7. The van der Waals surface area contributed by atoms with E-state index in [0.717, 1.165) is 12.1 Å². The molecule has 2 aromatic heterocycles. The molecular weight excluding hydrogens is 208 g/mol. The van der Waals surface area contributed by atoms with Crippen molar-refractivity contribution in [2.75, 3.05) is 0 Å². The van der Waals surface area contributed by atoms with Crippen molar-refractivity contribution >= 4 is 17.2 Å². The summed E-state index contributed by atoms with van der Waals surface area (Å²) in [4.78, 5) is 16.4. The van der Waals surface area contributed by atoms with Crippen molar-refractivity contribution in [1.29, 1.82) is 0 Å².